The number of carbonyl (C=O) groups is 1. The van der Waals surface area contributed by atoms with Crippen LogP contribution in [0.5, 0.6) is 0 Å². The largest absolute Gasteiger partial charge is 0.467 e. The highest BCUT2D eigenvalue weighted by molar-refractivity contribution is 6.31. The van der Waals surface area contributed by atoms with Gasteiger partial charge in [0.25, 0.3) is 0 Å². The summed E-state index contributed by atoms with van der Waals surface area (Å²) in [6.45, 7) is 1.94. The minimum absolute atomic E-state index is 0.302. The molecule has 1 rings (SSSR count). The number of hydrogen-bond acceptors (Lipinski definition) is 3. The molecule has 0 bridgehead atoms. The molecule has 82 valence electrons. The zero-order chi connectivity index (χ0) is 11.3. The first-order chi connectivity index (χ1) is 7.15. The average molecular weight is 229 g/mol. The topological polar surface area (TPSA) is 35.5 Å². The van der Waals surface area contributed by atoms with Gasteiger partial charge >= 0.3 is 5.97 Å². The quantitative estimate of drug-likeness (QED) is 0.743. The predicted octanol–water partition coefficient (Wildman–Crippen LogP) is 2.42. The van der Waals surface area contributed by atoms with E-state index in [0.717, 1.165) is 5.56 Å². The van der Waals surface area contributed by atoms with E-state index in [9.17, 15) is 4.79 Å². The van der Waals surface area contributed by atoms with Gasteiger partial charge in [-0.1, -0.05) is 29.8 Å². The summed E-state index contributed by atoms with van der Waals surface area (Å²) in [5.41, 5.74) is 0.856. The van der Waals surface area contributed by atoms with Crippen molar-refractivity contribution in [1.82, 2.24) is 0 Å². The third kappa shape index (κ3) is 3.53. The van der Waals surface area contributed by atoms with Crippen molar-refractivity contribution >= 4 is 17.6 Å². The molecule has 3 nitrogen and oxygen atoms in total. The van der Waals surface area contributed by atoms with E-state index in [1.807, 2.05) is 18.2 Å². The Balaban J connectivity index is 2.50. The highest BCUT2D eigenvalue weighted by Gasteiger charge is 2.13. The maximum Gasteiger partial charge on any atom is 0.334 e. The molecule has 1 aromatic rings. The Morgan fingerprint density at radius 2 is 2.13 bits per heavy atom. The monoisotopic (exact) mass is 228 g/mol. The van der Waals surface area contributed by atoms with Gasteiger partial charge in [-0.2, -0.15) is 0 Å². The minimum Gasteiger partial charge on any atom is -0.467 e. The number of methoxy groups -OCH3 is 1. The van der Waals surface area contributed by atoms with E-state index < -0.39 is 6.10 Å². The third-order valence-electron chi connectivity index (χ3n) is 1.98. The highest BCUT2D eigenvalue weighted by Crippen LogP contribution is 2.16. The Morgan fingerprint density at radius 3 is 2.73 bits per heavy atom. The Hall–Kier alpha value is -1.06. The van der Waals surface area contributed by atoms with Gasteiger partial charge in [-0.25, -0.2) is 4.79 Å². The first-order valence-corrected chi connectivity index (χ1v) is 4.95. The fourth-order valence-electron chi connectivity index (χ4n) is 1.06. The molecule has 0 heterocycles. The molecule has 15 heavy (non-hydrogen) atoms. The molecule has 0 saturated heterocycles. The maximum atomic E-state index is 11.0. The lowest BCUT2D eigenvalue weighted by Crippen LogP contribution is -2.21. The van der Waals surface area contributed by atoms with Crippen LogP contribution in [0.1, 0.15) is 12.5 Å². The average Bonchev–Trinajstić information content (AvgIpc) is 2.26. The van der Waals surface area contributed by atoms with Crippen molar-refractivity contribution in [2.24, 2.45) is 0 Å². The first kappa shape index (κ1) is 12.0. The lowest BCUT2D eigenvalue weighted by Gasteiger charge is -2.11. The van der Waals surface area contributed by atoms with Crippen molar-refractivity contribution in [3.8, 4) is 0 Å². The number of halogens is 1. The van der Waals surface area contributed by atoms with E-state index in [2.05, 4.69) is 4.74 Å². The van der Waals surface area contributed by atoms with E-state index in [1.165, 1.54) is 7.11 Å². The van der Waals surface area contributed by atoms with Gasteiger partial charge in [-0.15, -0.1) is 0 Å². The Morgan fingerprint density at radius 1 is 1.47 bits per heavy atom. The second-order valence-electron chi connectivity index (χ2n) is 3.07. The summed E-state index contributed by atoms with van der Waals surface area (Å²) in [5.74, 6) is -0.387. The zero-order valence-electron chi connectivity index (χ0n) is 8.70. The molecule has 4 heteroatoms. The van der Waals surface area contributed by atoms with Crippen LogP contribution in [0.25, 0.3) is 0 Å². The molecular weight excluding hydrogens is 216 g/mol. The Kier molecular flexibility index (Phi) is 4.59. The molecule has 1 atom stereocenters. The number of hydrogen-bond donors (Lipinski definition) is 0. The molecule has 0 amide bonds. The van der Waals surface area contributed by atoms with Crippen molar-refractivity contribution in [3.05, 3.63) is 34.9 Å². The first-order valence-electron chi connectivity index (χ1n) is 4.58. The van der Waals surface area contributed by atoms with Gasteiger partial charge in [0.2, 0.25) is 0 Å². The van der Waals surface area contributed by atoms with E-state index in [4.69, 9.17) is 16.3 Å². The number of benzene rings is 1. The van der Waals surface area contributed by atoms with Gasteiger partial charge in [0, 0.05) is 5.02 Å². The summed E-state index contributed by atoms with van der Waals surface area (Å²) in [4.78, 5) is 11.0. The Bertz CT molecular complexity index is 338. The molecule has 0 saturated carbocycles. The maximum absolute atomic E-state index is 11.0. The highest BCUT2D eigenvalue weighted by atomic mass is 35.5. The summed E-state index contributed by atoms with van der Waals surface area (Å²) in [7, 11) is 1.33. The lowest BCUT2D eigenvalue weighted by molar-refractivity contribution is -0.153. The zero-order valence-corrected chi connectivity index (χ0v) is 9.45. The van der Waals surface area contributed by atoms with Crippen LogP contribution < -0.4 is 0 Å². The van der Waals surface area contributed by atoms with Crippen LogP contribution in [0.2, 0.25) is 5.02 Å². The summed E-state index contributed by atoms with van der Waals surface area (Å²) in [6.07, 6.45) is -0.578. The van der Waals surface area contributed by atoms with E-state index in [0.29, 0.717) is 11.6 Å². The molecule has 0 spiro atoms. The minimum atomic E-state index is -0.578. The fourth-order valence-corrected chi connectivity index (χ4v) is 1.25. The number of carbonyl (C=O) groups excluding carboxylic acids is 1. The Labute approximate surface area is 93.9 Å². The van der Waals surface area contributed by atoms with Gasteiger partial charge < -0.3 is 9.47 Å². The van der Waals surface area contributed by atoms with Crippen LogP contribution >= 0.6 is 11.6 Å². The third-order valence-corrected chi connectivity index (χ3v) is 2.35. The summed E-state index contributed by atoms with van der Waals surface area (Å²) >= 11 is 5.92. The van der Waals surface area contributed by atoms with Crippen LogP contribution in [0, 0.1) is 0 Å². The second kappa shape index (κ2) is 5.73. The van der Waals surface area contributed by atoms with E-state index in [1.54, 1.807) is 13.0 Å². The van der Waals surface area contributed by atoms with Crippen LogP contribution in [0.4, 0.5) is 0 Å². The van der Waals surface area contributed by atoms with E-state index >= 15 is 0 Å². The smallest absolute Gasteiger partial charge is 0.334 e. The van der Waals surface area contributed by atoms with Crippen LogP contribution in [0.3, 0.4) is 0 Å². The van der Waals surface area contributed by atoms with Gasteiger partial charge in [-0.05, 0) is 18.6 Å². The molecule has 0 aliphatic rings. The van der Waals surface area contributed by atoms with Crippen molar-refractivity contribution in [3.63, 3.8) is 0 Å². The van der Waals surface area contributed by atoms with Crippen LogP contribution in [-0.2, 0) is 20.9 Å². The van der Waals surface area contributed by atoms with Crippen molar-refractivity contribution < 1.29 is 14.3 Å². The molecule has 0 aliphatic heterocycles. The van der Waals surface area contributed by atoms with Crippen molar-refractivity contribution in [2.75, 3.05) is 7.11 Å². The standard InChI is InChI=1S/C11H13ClO3/c1-8(11(13)14-2)15-7-9-5-3-4-6-10(9)12/h3-6,8H,7H2,1-2H3/t8-/m1/s1. The summed E-state index contributed by atoms with van der Waals surface area (Å²) in [6, 6.07) is 7.35. The van der Waals surface area contributed by atoms with Crippen molar-refractivity contribution in [2.45, 2.75) is 19.6 Å². The summed E-state index contributed by atoms with van der Waals surface area (Å²) in [5, 5.41) is 0.634. The molecule has 0 radical (unpaired) electrons. The van der Waals surface area contributed by atoms with Crippen LogP contribution in [-0.4, -0.2) is 19.2 Å². The molecule has 0 unspecified atom stereocenters. The summed E-state index contributed by atoms with van der Waals surface area (Å²) < 4.78 is 9.84. The second-order valence-corrected chi connectivity index (χ2v) is 3.48. The predicted molar refractivity (Wildman–Crippen MR) is 57.7 cm³/mol. The van der Waals surface area contributed by atoms with Crippen molar-refractivity contribution in [1.29, 1.82) is 0 Å². The number of esters is 1. The van der Waals surface area contributed by atoms with Gasteiger partial charge in [0.1, 0.15) is 0 Å². The van der Waals surface area contributed by atoms with Gasteiger partial charge in [0.05, 0.1) is 13.7 Å². The number of rotatable bonds is 4. The molecule has 1 aromatic carbocycles. The molecule has 0 fully saturated rings. The van der Waals surface area contributed by atoms with Gasteiger partial charge in [0.15, 0.2) is 6.10 Å². The SMILES string of the molecule is COC(=O)[C@@H](C)OCc1ccccc1Cl. The van der Waals surface area contributed by atoms with Gasteiger partial charge in [-0.3, -0.25) is 0 Å². The molecule has 0 aromatic heterocycles. The fraction of sp³-hybridized carbons (Fsp3) is 0.364. The normalized spacial score (nSPS) is 12.2. The molecule has 0 aliphatic carbocycles. The van der Waals surface area contributed by atoms with Crippen LogP contribution in [0.15, 0.2) is 24.3 Å². The lowest BCUT2D eigenvalue weighted by atomic mass is 10.2. The molecular formula is C11H13ClO3. The van der Waals surface area contributed by atoms with E-state index in [-0.39, 0.29) is 5.97 Å². The molecule has 0 N–H and O–H groups in total. The number of ether oxygens (including phenoxy) is 2.